The number of nitrogens with zero attached hydrogens (tertiary/aromatic N) is 1. The summed E-state index contributed by atoms with van der Waals surface area (Å²) in [6.07, 6.45) is -4.11. The van der Waals surface area contributed by atoms with Crippen molar-refractivity contribution in [1.29, 1.82) is 0 Å². The quantitative estimate of drug-likeness (QED) is 0.814. The van der Waals surface area contributed by atoms with Gasteiger partial charge < -0.3 is 10.4 Å². The van der Waals surface area contributed by atoms with Gasteiger partial charge in [-0.15, -0.1) is 0 Å². The third kappa shape index (κ3) is 4.79. The monoisotopic (exact) mass is 282 g/mol. The number of carboxylic acid groups (broad SMARTS) is 1. The van der Waals surface area contributed by atoms with Gasteiger partial charge in [-0.25, -0.2) is 9.78 Å². The zero-order valence-electron chi connectivity index (χ0n) is 9.09. The molecule has 0 saturated heterocycles. The Morgan fingerprint density at radius 2 is 2.17 bits per heavy atom. The highest BCUT2D eigenvalue weighted by Gasteiger charge is 2.25. The number of rotatable bonds is 5. The Balaban J connectivity index is 2.51. The van der Waals surface area contributed by atoms with Crippen LogP contribution < -0.4 is 5.32 Å². The van der Waals surface area contributed by atoms with E-state index in [1.54, 1.807) is 0 Å². The Morgan fingerprint density at radius 3 is 2.67 bits per heavy atom. The molecule has 18 heavy (non-hydrogen) atoms. The number of aromatic nitrogens is 1. The third-order valence-corrected chi connectivity index (χ3v) is 2.31. The van der Waals surface area contributed by atoms with E-state index < -0.39 is 18.6 Å². The van der Waals surface area contributed by atoms with Gasteiger partial charge in [0.2, 0.25) is 0 Å². The fraction of sp³-hybridized carbons (Fsp3) is 0.400. The smallest absolute Gasteiger partial charge is 0.389 e. The summed E-state index contributed by atoms with van der Waals surface area (Å²) in [5.74, 6) is -1.00. The van der Waals surface area contributed by atoms with Crippen LogP contribution in [0.2, 0.25) is 5.02 Å². The molecule has 1 rings (SSSR count). The van der Waals surface area contributed by atoms with E-state index in [4.69, 9.17) is 16.7 Å². The van der Waals surface area contributed by atoms with Gasteiger partial charge >= 0.3 is 12.1 Å². The maximum absolute atomic E-state index is 11.9. The summed E-state index contributed by atoms with van der Waals surface area (Å²) < 4.78 is 35.6. The molecule has 2 N–H and O–H groups in total. The van der Waals surface area contributed by atoms with Gasteiger partial charge in [-0.2, -0.15) is 13.2 Å². The van der Waals surface area contributed by atoms with Crippen molar-refractivity contribution in [3.05, 3.63) is 22.8 Å². The Hall–Kier alpha value is -1.50. The Kier molecular flexibility index (Phi) is 4.77. The molecule has 4 nitrogen and oxygen atoms in total. The predicted molar refractivity (Wildman–Crippen MR) is 60.0 cm³/mol. The number of anilines is 1. The molecule has 0 spiro atoms. The number of hydrogen-bond acceptors (Lipinski definition) is 3. The molecule has 0 saturated carbocycles. The molecule has 0 bridgehead atoms. The number of nitrogens with one attached hydrogen (secondary N) is 1. The summed E-state index contributed by atoms with van der Waals surface area (Å²) in [5, 5.41) is 11.3. The van der Waals surface area contributed by atoms with E-state index >= 15 is 0 Å². The molecule has 8 heteroatoms. The first kappa shape index (κ1) is 14.6. The molecule has 0 amide bonds. The molecule has 1 aromatic rings. The number of carbonyl (C=O) groups is 1. The summed E-state index contributed by atoms with van der Waals surface area (Å²) in [5.41, 5.74) is -0.0826. The van der Waals surface area contributed by atoms with Gasteiger partial charge in [-0.05, 0) is 12.5 Å². The van der Waals surface area contributed by atoms with E-state index in [2.05, 4.69) is 10.3 Å². The van der Waals surface area contributed by atoms with Crippen molar-refractivity contribution in [3.8, 4) is 0 Å². The number of carboxylic acids is 1. The minimum absolute atomic E-state index is 0.0542. The highest BCUT2D eigenvalue weighted by molar-refractivity contribution is 6.33. The van der Waals surface area contributed by atoms with Crippen molar-refractivity contribution in [3.63, 3.8) is 0 Å². The average molecular weight is 283 g/mol. The largest absolute Gasteiger partial charge is 0.478 e. The van der Waals surface area contributed by atoms with Gasteiger partial charge in [0.1, 0.15) is 5.82 Å². The van der Waals surface area contributed by atoms with Crippen molar-refractivity contribution in [2.45, 2.75) is 19.0 Å². The predicted octanol–water partition coefficient (Wildman–Crippen LogP) is 3.19. The SMILES string of the molecule is O=C(O)c1cnc(NCCCC(F)(F)F)c(Cl)c1. The molecule has 0 aromatic carbocycles. The Morgan fingerprint density at radius 1 is 1.50 bits per heavy atom. The van der Waals surface area contributed by atoms with E-state index in [-0.39, 0.29) is 29.4 Å². The minimum atomic E-state index is -4.19. The van der Waals surface area contributed by atoms with Crippen molar-refractivity contribution >= 4 is 23.4 Å². The van der Waals surface area contributed by atoms with Crippen molar-refractivity contribution in [2.24, 2.45) is 0 Å². The highest BCUT2D eigenvalue weighted by atomic mass is 35.5. The van der Waals surface area contributed by atoms with E-state index in [1.807, 2.05) is 0 Å². The lowest BCUT2D eigenvalue weighted by Crippen LogP contribution is -2.11. The second-order valence-electron chi connectivity index (χ2n) is 3.51. The minimum Gasteiger partial charge on any atom is -0.478 e. The van der Waals surface area contributed by atoms with Crippen LogP contribution in [0.4, 0.5) is 19.0 Å². The highest BCUT2D eigenvalue weighted by Crippen LogP contribution is 2.23. The zero-order chi connectivity index (χ0) is 13.8. The third-order valence-electron chi connectivity index (χ3n) is 2.02. The summed E-state index contributed by atoms with van der Waals surface area (Å²) in [4.78, 5) is 14.3. The molecule has 0 aliphatic rings. The lowest BCUT2D eigenvalue weighted by atomic mass is 10.2. The molecule has 0 fully saturated rings. The fourth-order valence-corrected chi connectivity index (χ4v) is 1.41. The maximum atomic E-state index is 11.9. The first-order valence-electron chi connectivity index (χ1n) is 4.99. The summed E-state index contributed by atoms with van der Waals surface area (Å²) in [7, 11) is 0. The molecule has 0 aliphatic heterocycles. The van der Waals surface area contributed by atoms with E-state index in [1.165, 1.54) is 6.07 Å². The Labute approximate surface area is 106 Å². The van der Waals surface area contributed by atoms with E-state index in [0.717, 1.165) is 6.20 Å². The molecular weight excluding hydrogens is 273 g/mol. The normalized spacial score (nSPS) is 11.3. The summed E-state index contributed by atoms with van der Waals surface area (Å²) >= 11 is 5.73. The van der Waals surface area contributed by atoms with Crippen LogP contribution in [0.5, 0.6) is 0 Å². The van der Waals surface area contributed by atoms with Crippen LogP contribution in [-0.2, 0) is 0 Å². The number of halogens is 4. The molecule has 0 aliphatic carbocycles. The van der Waals surface area contributed by atoms with Crippen LogP contribution in [0.1, 0.15) is 23.2 Å². The number of hydrogen-bond donors (Lipinski definition) is 2. The standard InChI is InChI=1S/C10H10ClF3N2O2/c11-7-4-6(9(17)18)5-16-8(7)15-3-1-2-10(12,13)14/h4-5H,1-3H2,(H,15,16)(H,17,18). The molecule has 1 aromatic heterocycles. The van der Waals surface area contributed by atoms with Gasteiger partial charge in [-0.1, -0.05) is 11.6 Å². The van der Waals surface area contributed by atoms with Crippen molar-refractivity contribution in [2.75, 3.05) is 11.9 Å². The number of aromatic carboxylic acids is 1. The van der Waals surface area contributed by atoms with Crippen molar-refractivity contribution < 1.29 is 23.1 Å². The lowest BCUT2D eigenvalue weighted by molar-refractivity contribution is -0.134. The average Bonchev–Trinajstić information content (AvgIpc) is 2.24. The van der Waals surface area contributed by atoms with Gasteiger partial charge in [0.15, 0.2) is 0 Å². The zero-order valence-corrected chi connectivity index (χ0v) is 9.85. The van der Waals surface area contributed by atoms with Crippen LogP contribution in [0.3, 0.4) is 0 Å². The van der Waals surface area contributed by atoms with Crippen LogP contribution in [0, 0.1) is 0 Å². The Bertz CT molecular complexity index is 438. The molecular formula is C10H10ClF3N2O2. The van der Waals surface area contributed by atoms with Gasteiger partial charge in [-0.3, -0.25) is 0 Å². The molecule has 0 atom stereocenters. The van der Waals surface area contributed by atoms with Crippen LogP contribution in [-0.4, -0.2) is 28.8 Å². The van der Waals surface area contributed by atoms with Crippen molar-refractivity contribution in [1.82, 2.24) is 4.98 Å². The summed E-state index contributed by atoms with van der Waals surface area (Å²) in [6, 6.07) is 1.18. The first-order chi connectivity index (χ1) is 8.29. The van der Waals surface area contributed by atoms with Crippen LogP contribution >= 0.6 is 11.6 Å². The van der Waals surface area contributed by atoms with Crippen LogP contribution in [0.25, 0.3) is 0 Å². The van der Waals surface area contributed by atoms with E-state index in [0.29, 0.717) is 0 Å². The van der Waals surface area contributed by atoms with Crippen LogP contribution in [0.15, 0.2) is 12.3 Å². The maximum Gasteiger partial charge on any atom is 0.389 e. The fourth-order valence-electron chi connectivity index (χ4n) is 1.18. The second-order valence-corrected chi connectivity index (χ2v) is 3.91. The molecule has 0 unspecified atom stereocenters. The molecule has 100 valence electrons. The summed E-state index contributed by atoms with van der Waals surface area (Å²) in [6.45, 7) is 0.0542. The first-order valence-corrected chi connectivity index (χ1v) is 5.37. The van der Waals surface area contributed by atoms with Gasteiger partial charge in [0, 0.05) is 19.2 Å². The van der Waals surface area contributed by atoms with Gasteiger partial charge in [0.25, 0.3) is 0 Å². The molecule has 1 heterocycles. The lowest BCUT2D eigenvalue weighted by Gasteiger charge is -2.09. The van der Waals surface area contributed by atoms with Gasteiger partial charge in [0.05, 0.1) is 10.6 Å². The molecule has 0 radical (unpaired) electrons. The number of alkyl halides is 3. The topological polar surface area (TPSA) is 62.2 Å². The number of pyridine rings is 1. The second kappa shape index (κ2) is 5.90. The van der Waals surface area contributed by atoms with E-state index in [9.17, 15) is 18.0 Å².